The number of fused-ring (bicyclic) bond motifs is 1. The van der Waals surface area contributed by atoms with Crippen molar-refractivity contribution in [1.29, 1.82) is 5.26 Å². The number of hydrogen-bond acceptors (Lipinski definition) is 7. The van der Waals surface area contributed by atoms with Gasteiger partial charge in [-0.25, -0.2) is 0 Å². The van der Waals surface area contributed by atoms with Gasteiger partial charge in [0.2, 0.25) is 0 Å². The first-order valence-corrected chi connectivity index (χ1v) is 10.9. The Labute approximate surface area is 174 Å². The summed E-state index contributed by atoms with van der Waals surface area (Å²) in [6.07, 6.45) is 1.03. The molecular weight excluding hydrogens is 406 g/mol. The summed E-state index contributed by atoms with van der Waals surface area (Å²) in [6, 6.07) is 13.4. The predicted octanol–water partition coefficient (Wildman–Crippen LogP) is 2.33. The van der Waals surface area contributed by atoms with E-state index in [0.717, 1.165) is 0 Å². The van der Waals surface area contributed by atoms with E-state index >= 15 is 0 Å². The van der Waals surface area contributed by atoms with Crippen LogP contribution in [-0.2, 0) is 14.8 Å². The van der Waals surface area contributed by atoms with E-state index in [2.05, 4.69) is 4.40 Å². The molecule has 2 aromatic carbocycles. The van der Waals surface area contributed by atoms with Gasteiger partial charge in [0.15, 0.2) is 17.3 Å². The molecule has 0 spiro atoms. The maximum Gasteiger partial charge on any atom is 0.314 e. The van der Waals surface area contributed by atoms with E-state index < -0.39 is 10.0 Å². The number of hydrogen-bond donors (Lipinski definition) is 0. The van der Waals surface area contributed by atoms with Crippen molar-refractivity contribution >= 4 is 21.8 Å². The first-order chi connectivity index (χ1) is 14.4. The van der Waals surface area contributed by atoms with Gasteiger partial charge in [-0.3, -0.25) is 4.79 Å². The summed E-state index contributed by atoms with van der Waals surface area (Å²) in [5, 5.41) is 8.98. The first kappa shape index (κ1) is 19.9. The van der Waals surface area contributed by atoms with Crippen LogP contribution < -0.4 is 9.47 Å². The predicted molar refractivity (Wildman–Crippen MR) is 108 cm³/mol. The molecule has 154 valence electrons. The van der Waals surface area contributed by atoms with Gasteiger partial charge < -0.3 is 14.4 Å². The number of esters is 1. The van der Waals surface area contributed by atoms with Gasteiger partial charge in [-0.2, -0.15) is 13.7 Å². The number of rotatable bonds is 3. The molecule has 9 heteroatoms. The van der Waals surface area contributed by atoms with Crippen LogP contribution in [0.1, 0.15) is 24.0 Å². The minimum Gasteiger partial charge on any atom is -0.493 e. The smallest absolute Gasteiger partial charge is 0.314 e. The van der Waals surface area contributed by atoms with Gasteiger partial charge in [-0.1, -0.05) is 12.1 Å². The van der Waals surface area contributed by atoms with Crippen molar-refractivity contribution in [2.24, 2.45) is 10.3 Å². The fourth-order valence-electron chi connectivity index (χ4n) is 3.66. The van der Waals surface area contributed by atoms with E-state index in [0.29, 0.717) is 48.6 Å². The Balaban J connectivity index is 1.43. The fourth-order valence-corrected chi connectivity index (χ4v) is 4.88. The van der Waals surface area contributed by atoms with Crippen molar-refractivity contribution in [2.45, 2.75) is 17.7 Å². The molecule has 0 bridgehead atoms. The number of likely N-dealkylation sites (tertiary alicyclic amines) is 1. The molecule has 1 saturated heterocycles. The molecule has 0 N–H and O–H groups in total. The third-order valence-corrected chi connectivity index (χ3v) is 6.57. The van der Waals surface area contributed by atoms with E-state index in [1.807, 2.05) is 11.0 Å². The second-order valence-electron chi connectivity index (χ2n) is 7.05. The number of nitrogens with zero attached hydrogens (tertiary/aromatic N) is 3. The summed E-state index contributed by atoms with van der Waals surface area (Å²) in [6.45, 7) is 0.986. The molecule has 0 saturated carbocycles. The number of methoxy groups -OCH3 is 1. The normalized spacial score (nSPS) is 17.6. The summed E-state index contributed by atoms with van der Waals surface area (Å²) < 4.78 is 39.2. The van der Waals surface area contributed by atoms with Gasteiger partial charge in [-0.05, 0) is 37.1 Å². The number of amidine groups is 1. The minimum atomic E-state index is -3.67. The van der Waals surface area contributed by atoms with Gasteiger partial charge in [-0.15, -0.1) is 4.40 Å². The SMILES string of the molecule is COc1cc(C#N)ccc1OC(=O)C1CCN(C2=NS(=O)(=O)c3ccccc32)CC1. The number of sulfonamides is 1. The van der Waals surface area contributed by atoms with E-state index in [1.165, 1.54) is 13.2 Å². The lowest BCUT2D eigenvalue weighted by atomic mass is 9.96. The molecular formula is C21H19N3O5S. The number of carbonyl (C=O) groups is 1. The monoisotopic (exact) mass is 425 g/mol. The van der Waals surface area contributed by atoms with E-state index in [1.54, 1.807) is 36.4 Å². The van der Waals surface area contributed by atoms with Crippen LogP contribution in [-0.4, -0.2) is 45.3 Å². The van der Waals surface area contributed by atoms with Gasteiger partial charge >= 0.3 is 5.97 Å². The Morgan fingerprint density at radius 3 is 2.60 bits per heavy atom. The molecule has 2 heterocycles. The van der Waals surface area contributed by atoms with Crippen molar-refractivity contribution in [3.63, 3.8) is 0 Å². The number of carbonyl (C=O) groups excluding carboxylic acids is 1. The van der Waals surface area contributed by atoms with Crippen molar-refractivity contribution in [3.8, 4) is 17.6 Å². The maximum atomic E-state index is 12.6. The lowest BCUT2D eigenvalue weighted by Gasteiger charge is -2.32. The number of ether oxygens (including phenoxy) is 2. The topological polar surface area (TPSA) is 109 Å². The first-order valence-electron chi connectivity index (χ1n) is 9.42. The molecule has 2 aliphatic rings. The van der Waals surface area contributed by atoms with Crippen LogP contribution in [0.3, 0.4) is 0 Å². The van der Waals surface area contributed by atoms with Gasteiger partial charge in [0.25, 0.3) is 10.0 Å². The van der Waals surface area contributed by atoms with Crippen molar-refractivity contribution in [2.75, 3.05) is 20.2 Å². The van der Waals surface area contributed by atoms with Crippen molar-refractivity contribution in [1.82, 2.24) is 4.90 Å². The van der Waals surface area contributed by atoms with Crippen LogP contribution in [0.4, 0.5) is 0 Å². The second kappa shape index (κ2) is 7.80. The zero-order valence-corrected chi connectivity index (χ0v) is 17.1. The number of benzene rings is 2. The van der Waals surface area contributed by atoms with E-state index in [9.17, 15) is 13.2 Å². The largest absolute Gasteiger partial charge is 0.493 e. The van der Waals surface area contributed by atoms with Gasteiger partial charge in [0, 0.05) is 24.7 Å². The van der Waals surface area contributed by atoms with Crippen LogP contribution >= 0.6 is 0 Å². The highest BCUT2D eigenvalue weighted by molar-refractivity contribution is 7.90. The molecule has 2 aromatic rings. The maximum absolute atomic E-state index is 12.6. The Morgan fingerprint density at radius 1 is 1.17 bits per heavy atom. The summed E-state index contributed by atoms with van der Waals surface area (Å²) in [4.78, 5) is 14.7. The molecule has 4 rings (SSSR count). The van der Waals surface area contributed by atoms with Crippen LogP contribution in [0.2, 0.25) is 0 Å². The summed E-state index contributed by atoms with van der Waals surface area (Å²) >= 11 is 0. The van der Waals surface area contributed by atoms with Gasteiger partial charge in [0.1, 0.15) is 4.90 Å². The third kappa shape index (κ3) is 3.62. The van der Waals surface area contributed by atoms with Crippen LogP contribution in [0.25, 0.3) is 0 Å². The molecule has 8 nitrogen and oxygen atoms in total. The van der Waals surface area contributed by atoms with Crippen molar-refractivity contribution < 1.29 is 22.7 Å². The van der Waals surface area contributed by atoms with Gasteiger partial charge in [0.05, 0.1) is 24.7 Å². The molecule has 0 radical (unpaired) electrons. The van der Waals surface area contributed by atoms with Crippen LogP contribution in [0.15, 0.2) is 51.8 Å². The molecule has 2 aliphatic heterocycles. The van der Waals surface area contributed by atoms with E-state index in [4.69, 9.17) is 14.7 Å². The highest BCUT2D eigenvalue weighted by Crippen LogP contribution is 2.32. The molecule has 30 heavy (non-hydrogen) atoms. The Morgan fingerprint density at radius 2 is 1.90 bits per heavy atom. The lowest BCUT2D eigenvalue weighted by Crippen LogP contribution is -2.41. The zero-order chi connectivity index (χ0) is 21.3. The minimum absolute atomic E-state index is 0.217. The van der Waals surface area contributed by atoms with Crippen molar-refractivity contribution in [3.05, 3.63) is 53.6 Å². The Kier molecular flexibility index (Phi) is 5.18. The standard InChI is InChI=1S/C21H19N3O5S/c1-28-18-12-14(13-22)6-7-17(18)29-21(25)15-8-10-24(11-9-15)20-16-4-2-3-5-19(16)30(26,27)23-20/h2-7,12,15H,8-11H2,1H3. The molecule has 0 amide bonds. The quantitative estimate of drug-likeness (QED) is 0.548. The Hall–Kier alpha value is -3.38. The number of piperidine rings is 1. The van der Waals surface area contributed by atoms with Crippen LogP contribution in [0.5, 0.6) is 11.5 Å². The fraction of sp³-hybridized carbons (Fsp3) is 0.286. The summed E-state index contributed by atoms with van der Waals surface area (Å²) in [5.74, 6) is 0.326. The highest BCUT2D eigenvalue weighted by Gasteiger charge is 2.35. The molecule has 1 fully saturated rings. The molecule has 0 aliphatic carbocycles. The average Bonchev–Trinajstić information content (AvgIpc) is 3.05. The highest BCUT2D eigenvalue weighted by atomic mass is 32.2. The van der Waals surface area contributed by atoms with Crippen LogP contribution in [0, 0.1) is 17.2 Å². The summed E-state index contributed by atoms with van der Waals surface area (Å²) in [7, 11) is -2.23. The summed E-state index contributed by atoms with van der Waals surface area (Å²) in [5.41, 5.74) is 1.01. The average molecular weight is 425 g/mol. The lowest BCUT2D eigenvalue weighted by molar-refractivity contribution is -0.140. The van der Waals surface area contributed by atoms with E-state index in [-0.39, 0.29) is 22.5 Å². The second-order valence-corrected chi connectivity index (χ2v) is 8.62. The molecule has 0 aromatic heterocycles. The Bertz CT molecular complexity index is 1180. The molecule has 0 atom stereocenters. The molecule has 0 unspecified atom stereocenters. The number of nitriles is 1. The zero-order valence-electron chi connectivity index (χ0n) is 16.2. The third-order valence-electron chi connectivity index (χ3n) is 5.24.